The average molecular weight is 302 g/mol. The van der Waals surface area contributed by atoms with Crippen LogP contribution in [-0.4, -0.2) is 18.3 Å². The molecule has 0 radical (unpaired) electrons. The molecular formula is C11H12BrNO2S. The van der Waals surface area contributed by atoms with Crippen molar-refractivity contribution in [2.75, 3.05) is 12.4 Å². The van der Waals surface area contributed by atoms with Gasteiger partial charge in [-0.3, -0.25) is 4.79 Å². The number of anilines is 1. The fourth-order valence-electron chi connectivity index (χ4n) is 1.60. The van der Waals surface area contributed by atoms with E-state index in [1.54, 1.807) is 18.9 Å². The molecule has 5 heteroatoms. The van der Waals surface area contributed by atoms with Crippen molar-refractivity contribution >= 4 is 39.3 Å². The zero-order valence-corrected chi connectivity index (χ0v) is 11.4. The fraction of sp³-hybridized carbons (Fsp3) is 0.364. The molecule has 1 aromatic rings. The summed E-state index contributed by atoms with van der Waals surface area (Å²) in [6, 6.07) is 3.78. The molecule has 0 bridgehead atoms. The molecule has 1 heterocycles. The van der Waals surface area contributed by atoms with E-state index in [0.717, 1.165) is 27.2 Å². The van der Waals surface area contributed by atoms with Gasteiger partial charge in [-0.25, -0.2) is 0 Å². The van der Waals surface area contributed by atoms with Gasteiger partial charge < -0.3 is 10.1 Å². The number of rotatable bonds is 2. The van der Waals surface area contributed by atoms with Crippen molar-refractivity contribution in [1.82, 2.24) is 0 Å². The second-order valence-corrected chi connectivity index (χ2v) is 5.53. The lowest BCUT2D eigenvalue weighted by molar-refractivity contribution is -0.115. The molecule has 2 rings (SSSR count). The van der Waals surface area contributed by atoms with E-state index in [0.29, 0.717) is 0 Å². The van der Waals surface area contributed by atoms with Crippen LogP contribution in [0, 0.1) is 0 Å². The number of carbonyl (C=O) groups is 1. The van der Waals surface area contributed by atoms with Crippen molar-refractivity contribution in [3.8, 4) is 5.75 Å². The van der Waals surface area contributed by atoms with E-state index in [1.807, 2.05) is 19.1 Å². The van der Waals surface area contributed by atoms with Crippen molar-refractivity contribution < 1.29 is 9.53 Å². The van der Waals surface area contributed by atoms with Gasteiger partial charge in [-0.15, -0.1) is 11.8 Å². The first-order valence-electron chi connectivity index (χ1n) is 5.01. The number of hydrogen-bond donors (Lipinski definition) is 1. The minimum absolute atomic E-state index is 0.0318. The number of hydrogen-bond acceptors (Lipinski definition) is 3. The lowest BCUT2D eigenvalue weighted by atomic mass is 10.2. The van der Waals surface area contributed by atoms with E-state index in [9.17, 15) is 4.79 Å². The Balaban J connectivity index is 2.49. The van der Waals surface area contributed by atoms with Crippen LogP contribution in [0.1, 0.15) is 13.3 Å². The molecule has 1 atom stereocenters. The van der Waals surface area contributed by atoms with Crippen molar-refractivity contribution in [1.29, 1.82) is 0 Å². The summed E-state index contributed by atoms with van der Waals surface area (Å²) in [7, 11) is 1.64. The number of amides is 1. The number of nitrogens with one attached hydrogen (secondary N) is 1. The molecule has 86 valence electrons. The third-order valence-corrected chi connectivity index (χ3v) is 4.60. The molecule has 0 aromatic heterocycles. The lowest BCUT2D eigenvalue weighted by Gasteiger charge is -2.25. The van der Waals surface area contributed by atoms with Gasteiger partial charge in [0.2, 0.25) is 5.91 Å². The van der Waals surface area contributed by atoms with E-state index < -0.39 is 0 Å². The standard InChI is InChI=1S/C11H12BrNO2S/c1-3-8-11(14)13-9-6(12)4-5-7(15-2)10(9)16-8/h4-5,8H,3H2,1-2H3,(H,13,14). The average Bonchev–Trinajstić information content (AvgIpc) is 2.30. The SMILES string of the molecule is CCC1Sc2c(OC)ccc(Br)c2NC1=O. The first kappa shape index (κ1) is 11.8. The van der Waals surface area contributed by atoms with Crippen LogP contribution in [0.5, 0.6) is 5.75 Å². The number of ether oxygens (including phenoxy) is 1. The highest BCUT2D eigenvalue weighted by molar-refractivity contribution is 9.10. The zero-order chi connectivity index (χ0) is 11.7. The minimum atomic E-state index is -0.0318. The van der Waals surface area contributed by atoms with Crippen LogP contribution in [0.2, 0.25) is 0 Å². The maximum Gasteiger partial charge on any atom is 0.237 e. The van der Waals surface area contributed by atoms with Gasteiger partial charge in [0.05, 0.1) is 22.9 Å². The Bertz CT molecular complexity index is 436. The van der Waals surface area contributed by atoms with Crippen molar-refractivity contribution in [3.63, 3.8) is 0 Å². The number of halogens is 1. The maximum absolute atomic E-state index is 11.7. The highest BCUT2D eigenvalue weighted by atomic mass is 79.9. The quantitative estimate of drug-likeness (QED) is 0.911. The van der Waals surface area contributed by atoms with Gasteiger partial charge in [-0.2, -0.15) is 0 Å². The van der Waals surface area contributed by atoms with E-state index >= 15 is 0 Å². The first-order valence-corrected chi connectivity index (χ1v) is 6.68. The summed E-state index contributed by atoms with van der Waals surface area (Å²) in [5.41, 5.74) is 0.819. The highest BCUT2D eigenvalue weighted by Crippen LogP contribution is 2.46. The van der Waals surface area contributed by atoms with Crippen LogP contribution in [0.15, 0.2) is 21.5 Å². The van der Waals surface area contributed by atoms with Gasteiger partial charge in [-0.05, 0) is 34.5 Å². The van der Waals surface area contributed by atoms with E-state index in [2.05, 4.69) is 21.2 Å². The Hall–Kier alpha value is -0.680. The van der Waals surface area contributed by atoms with Crippen LogP contribution in [0.3, 0.4) is 0 Å². The molecule has 1 aliphatic rings. The molecule has 1 unspecified atom stereocenters. The second kappa shape index (κ2) is 4.67. The lowest BCUT2D eigenvalue weighted by Crippen LogP contribution is -2.28. The van der Waals surface area contributed by atoms with Gasteiger partial charge in [0.1, 0.15) is 5.75 Å². The Labute approximate surface area is 107 Å². The van der Waals surface area contributed by atoms with Gasteiger partial charge >= 0.3 is 0 Å². The zero-order valence-electron chi connectivity index (χ0n) is 9.04. The molecule has 1 aromatic carbocycles. The Morgan fingerprint density at radius 2 is 2.31 bits per heavy atom. The molecule has 1 aliphatic heterocycles. The van der Waals surface area contributed by atoms with E-state index in [4.69, 9.17) is 4.74 Å². The van der Waals surface area contributed by atoms with Crippen molar-refractivity contribution in [2.24, 2.45) is 0 Å². The maximum atomic E-state index is 11.7. The van der Waals surface area contributed by atoms with Gasteiger partial charge in [-0.1, -0.05) is 6.92 Å². The van der Waals surface area contributed by atoms with Crippen LogP contribution in [0.25, 0.3) is 0 Å². The summed E-state index contributed by atoms with van der Waals surface area (Å²) in [6.07, 6.45) is 0.811. The molecule has 0 fully saturated rings. The number of carbonyl (C=O) groups excluding carboxylic acids is 1. The molecule has 3 nitrogen and oxygen atoms in total. The summed E-state index contributed by atoms with van der Waals surface area (Å²) >= 11 is 4.99. The van der Waals surface area contributed by atoms with Crippen molar-refractivity contribution in [2.45, 2.75) is 23.5 Å². The molecule has 0 aliphatic carbocycles. The smallest absolute Gasteiger partial charge is 0.237 e. The molecular weight excluding hydrogens is 290 g/mol. The van der Waals surface area contributed by atoms with Crippen molar-refractivity contribution in [3.05, 3.63) is 16.6 Å². The van der Waals surface area contributed by atoms with E-state index in [1.165, 1.54) is 0 Å². The summed E-state index contributed by atoms with van der Waals surface area (Å²) in [4.78, 5) is 12.7. The molecule has 16 heavy (non-hydrogen) atoms. The Morgan fingerprint density at radius 1 is 1.56 bits per heavy atom. The minimum Gasteiger partial charge on any atom is -0.496 e. The monoisotopic (exact) mass is 301 g/mol. The third kappa shape index (κ3) is 1.94. The van der Waals surface area contributed by atoms with Crippen LogP contribution in [0.4, 0.5) is 5.69 Å². The molecule has 0 saturated carbocycles. The van der Waals surface area contributed by atoms with Gasteiger partial charge in [0, 0.05) is 4.47 Å². The third-order valence-electron chi connectivity index (χ3n) is 2.46. The van der Waals surface area contributed by atoms with Gasteiger partial charge in [0.15, 0.2) is 0 Å². The summed E-state index contributed by atoms with van der Waals surface area (Å²) in [5, 5.41) is 2.89. The molecule has 1 N–H and O–H groups in total. The molecule has 0 spiro atoms. The molecule has 0 saturated heterocycles. The number of benzene rings is 1. The summed E-state index contributed by atoms with van der Waals surface area (Å²) in [6.45, 7) is 2.01. The Kier molecular flexibility index (Phi) is 3.44. The summed E-state index contributed by atoms with van der Waals surface area (Å²) in [5.74, 6) is 0.871. The van der Waals surface area contributed by atoms with E-state index in [-0.39, 0.29) is 11.2 Å². The number of fused-ring (bicyclic) bond motifs is 1. The number of thioether (sulfide) groups is 1. The predicted molar refractivity (Wildman–Crippen MR) is 69.3 cm³/mol. The number of methoxy groups -OCH3 is 1. The highest BCUT2D eigenvalue weighted by Gasteiger charge is 2.29. The predicted octanol–water partition coefficient (Wildman–Crippen LogP) is 3.28. The van der Waals surface area contributed by atoms with Crippen LogP contribution in [-0.2, 0) is 4.79 Å². The van der Waals surface area contributed by atoms with Gasteiger partial charge in [0.25, 0.3) is 0 Å². The normalized spacial score (nSPS) is 18.9. The Morgan fingerprint density at radius 3 is 2.94 bits per heavy atom. The van der Waals surface area contributed by atoms with Crippen LogP contribution >= 0.6 is 27.7 Å². The summed E-state index contributed by atoms with van der Waals surface area (Å²) < 4.78 is 6.19. The van der Waals surface area contributed by atoms with Crippen LogP contribution < -0.4 is 10.1 Å². The fourth-order valence-corrected chi connectivity index (χ4v) is 3.33. The first-order chi connectivity index (χ1) is 7.67. The second-order valence-electron chi connectivity index (χ2n) is 3.46. The topological polar surface area (TPSA) is 38.3 Å². The molecule has 1 amide bonds. The largest absolute Gasteiger partial charge is 0.496 e.